The van der Waals surface area contributed by atoms with Crippen LogP contribution in [0.15, 0.2) is 65.5 Å². The van der Waals surface area contributed by atoms with Crippen molar-refractivity contribution < 1.29 is 0 Å². The fourth-order valence-electron chi connectivity index (χ4n) is 2.89. The Morgan fingerprint density at radius 1 is 0.957 bits per heavy atom. The summed E-state index contributed by atoms with van der Waals surface area (Å²) in [6, 6.07) is 19.2. The van der Waals surface area contributed by atoms with Gasteiger partial charge in [-0.25, -0.2) is 4.98 Å². The van der Waals surface area contributed by atoms with Crippen molar-refractivity contribution in [1.29, 1.82) is 0 Å². The second kappa shape index (κ2) is 5.21. The van der Waals surface area contributed by atoms with Crippen LogP contribution < -0.4 is 5.56 Å². The number of halogens is 1. The van der Waals surface area contributed by atoms with E-state index in [1.54, 1.807) is 22.8 Å². The van der Waals surface area contributed by atoms with E-state index < -0.39 is 0 Å². The van der Waals surface area contributed by atoms with Crippen molar-refractivity contribution in [2.24, 2.45) is 0 Å². The monoisotopic (exact) mass is 320 g/mol. The molecule has 1 heterocycles. The first-order chi connectivity index (χ1) is 11.1. The number of hydrogen-bond acceptors (Lipinski definition) is 2. The molecule has 0 aliphatic heterocycles. The Morgan fingerprint density at radius 3 is 2.57 bits per heavy atom. The van der Waals surface area contributed by atoms with E-state index in [0.29, 0.717) is 21.7 Å². The van der Waals surface area contributed by atoms with Gasteiger partial charge in [0.2, 0.25) is 0 Å². The highest BCUT2D eigenvalue weighted by atomic mass is 35.5. The molecule has 0 amide bonds. The molecule has 0 aliphatic carbocycles. The third-order valence-corrected chi connectivity index (χ3v) is 4.22. The number of nitrogens with zero attached hydrogens (tertiary/aromatic N) is 2. The van der Waals surface area contributed by atoms with Gasteiger partial charge in [-0.1, -0.05) is 41.9 Å². The first-order valence-electron chi connectivity index (χ1n) is 7.31. The van der Waals surface area contributed by atoms with Gasteiger partial charge in [0.05, 0.1) is 16.6 Å². The fraction of sp³-hybridized carbons (Fsp3) is 0.0526. The van der Waals surface area contributed by atoms with Gasteiger partial charge in [0.15, 0.2) is 0 Å². The Hall–Kier alpha value is -2.65. The van der Waals surface area contributed by atoms with Gasteiger partial charge in [-0.3, -0.25) is 9.36 Å². The molecule has 0 saturated heterocycles. The molecule has 0 aliphatic rings. The lowest BCUT2D eigenvalue weighted by Gasteiger charge is -2.12. The highest BCUT2D eigenvalue weighted by Crippen LogP contribution is 2.20. The third-order valence-electron chi connectivity index (χ3n) is 3.99. The lowest BCUT2D eigenvalue weighted by molar-refractivity contribution is 0.896. The van der Waals surface area contributed by atoms with Crippen LogP contribution in [0.1, 0.15) is 5.82 Å². The zero-order chi connectivity index (χ0) is 16.0. The SMILES string of the molecule is Cc1nc2ccc(Cl)cc2c(=O)n1-c1ccc2ccccc2c1. The minimum atomic E-state index is -0.106. The highest BCUT2D eigenvalue weighted by molar-refractivity contribution is 6.31. The highest BCUT2D eigenvalue weighted by Gasteiger charge is 2.10. The average Bonchev–Trinajstić information content (AvgIpc) is 2.56. The lowest BCUT2D eigenvalue weighted by Crippen LogP contribution is -2.22. The Balaban J connectivity index is 2.05. The zero-order valence-electron chi connectivity index (χ0n) is 12.5. The van der Waals surface area contributed by atoms with E-state index in [1.165, 1.54) is 0 Å². The number of benzene rings is 3. The molecule has 4 rings (SSSR count). The molecule has 112 valence electrons. The normalized spacial score (nSPS) is 11.2. The molecule has 0 radical (unpaired) electrons. The second-order valence-corrected chi connectivity index (χ2v) is 5.93. The van der Waals surface area contributed by atoms with Gasteiger partial charge in [0, 0.05) is 5.02 Å². The van der Waals surface area contributed by atoms with Gasteiger partial charge >= 0.3 is 0 Å². The van der Waals surface area contributed by atoms with Crippen molar-refractivity contribution in [2.75, 3.05) is 0 Å². The standard InChI is InChI=1S/C19H13ClN2O/c1-12-21-18-9-7-15(20)11-17(18)19(23)22(12)16-8-6-13-4-2-3-5-14(13)10-16/h2-11H,1H3. The van der Waals surface area contributed by atoms with Crippen LogP contribution in [0, 0.1) is 6.92 Å². The molecule has 0 spiro atoms. The summed E-state index contributed by atoms with van der Waals surface area (Å²) in [6.45, 7) is 1.84. The van der Waals surface area contributed by atoms with E-state index in [2.05, 4.69) is 4.98 Å². The molecular weight excluding hydrogens is 308 g/mol. The lowest BCUT2D eigenvalue weighted by atomic mass is 10.1. The molecule has 0 saturated carbocycles. The maximum atomic E-state index is 12.9. The predicted molar refractivity (Wildman–Crippen MR) is 94.6 cm³/mol. The largest absolute Gasteiger partial charge is 0.268 e. The second-order valence-electron chi connectivity index (χ2n) is 5.49. The Bertz CT molecular complexity index is 1120. The summed E-state index contributed by atoms with van der Waals surface area (Å²) < 4.78 is 1.63. The van der Waals surface area contributed by atoms with E-state index >= 15 is 0 Å². The summed E-state index contributed by atoms with van der Waals surface area (Å²) in [7, 11) is 0. The molecule has 0 bridgehead atoms. The molecule has 23 heavy (non-hydrogen) atoms. The zero-order valence-corrected chi connectivity index (χ0v) is 13.2. The summed E-state index contributed by atoms with van der Waals surface area (Å²) in [5.74, 6) is 0.653. The van der Waals surface area contributed by atoms with Gasteiger partial charge in [-0.15, -0.1) is 0 Å². The van der Waals surface area contributed by atoms with Gasteiger partial charge in [0.1, 0.15) is 5.82 Å². The van der Waals surface area contributed by atoms with E-state index in [0.717, 1.165) is 16.5 Å². The van der Waals surface area contributed by atoms with E-state index in [-0.39, 0.29) is 5.56 Å². The molecule has 0 N–H and O–H groups in total. The van der Waals surface area contributed by atoms with Crippen LogP contribution in [0.5, 0.6) is 0 Å². The maximum Gasteiger partial charge on any atom is 0.266 e. The fourth-order valence-corrected chi connectivity index (χ4v) is 3.06. The van der Waals surface area contributed by atoms with Crippen LogP contribution in [-0.4, -0.2) is 9.55 Å². The molecule has 1 aromatic heterocycles. The summed E-state index contributed by atoms with van der Waals surface area (Å²) in [5.41, 5.74) is 1.36. The number of aromatic nitrogens is 2. The van der Waals surface area contributed by atoms with Crippen LogP contribution in [0.25, 0.3) is 27.4 Å². The third kappa shape index (κ3) is 2.30. The van der Waals surface area contributed by atoms with Gasteiger partial charge in [-0.05, 0) is 48.0 Å². The van der Waals surface area contributed by atoms with Gasteiger partial charge < -0.3 is 0 Å². The Kier molecular flexibility index (Phi) is 3.17. The summed E-state index contributed by atoms with van der Waals surface area (Å²) in [5, 5.41) is 3.28. The first kappa shape index (κ1) is 14.0. The Labute approximate surface area is 137 Å². The first-order valence-corrected chi connectivity index (χ1v) is 7.69. The average molecular weight is 321 g/mol. The van der Waals surface area contributed by atoms with Gasteiger partial charge in [-0.2, -0.15) is 0 Å². The van der Waals surface area contributed by atoms with Crippen molar-refractivity contribution in [3.05, 3.63) is 81.9 Å². The van der Waals surface area contributed by atoms with Crippen LogP contribution in [0.4, 0.5) is 0 Å². The minimum absolute atomic E-state index is 0.106. The van der Waals surface area contributed by atoms with Gasteiger partial charge in [0.25, 0.3) is 5.56 Å². The van der Waals surface area contributed by atoms with Crippen LogP contribution in [-0.2, 0) is 0 Å². The van der Waals surface area contributed by atoms with E-state index in [9.17, 15) is 4.79 Å². The van der Waals surface area contributed by atoms with Crippen LogP contribution in [0.2, 0.25) is 5.02 Å². The number of aryl methyl sites for hydroxylation is 1. The van der Waals surface area contributed by atoms with Crippen molar-refractivity contribution in [3.8, 4) is 5.69 Å². The van der Waals surface area contributed by atoms with Crippen LogP contribution >= 0.6 is 11.6 Å². The smallest absolute Gasteiger partial charge is 0.266 e. The summed E-state index contributed by atoms with van der Waals surface area (Å²) in [4.78, 5) is 17.4. The Morgan fingerprint density at radius 2 is 1.74 bits per heavy atom. The van der Waals surface area contributed by atoms with Crippen molar-refractivity contribution >= 4 is 33.3 Å². The molecule has 0 fully saturated rings. The number of rotatable bonds is 1. The number of fused-ring (bicyclic) bond motifs is 2. The molecule has 4 aromatic rings. The van der Waals surface area contributed by atoms with E-state index in [1.807, 2.05) is 49.4 Å². The van der Waals surface area contributed by atoms with Crippen molar-refractivity contribution in [1.82, 2.24) is 9.55 Å². The molecule has 0 atom stereocenters. The summed E-state index contributed by atoms with van der Waals surface area (Å²) in [6.07, 6.45) is 0. The summed E-state index contributed by atoms with van der Waals surface area (Å²) >= 11 is 6.03. The van der Waals surface area contributed by atoms with Crippen molar-refractivity contribution in [2.45, 2.75) is 6.92 Å². The molecule has 0 unspecified atom stereocenters. The maximum absolute atomic E-state index is 12.9. The van der Waals surface area contributed by atoms with E-state index in [4.69, 9.17) is 11.6 Å². The topological polar surface area (TPSA) is 34.9 Å². The minimum Gasteiger partial charge on any atom is -0.268 e. The number of hydrogen-bond donors (Lipinski definition) is 0. The quantitative estimate of drug-likeness (QED) is 0.517. The molecule has 4 heteroatoms. The molecule has 3 nitrogen and oxygen atoms in total. The van der Waals surface area contributed by atoms with Crippen LogP contribution in [0.3, 0.4) is 0 Å². The predicted octanol–water partition coefficient (Wildman–Crippen LogP) is 4.50. The van der Waals surface area contributed by atoms with Crippen molar-refractivity contribution in [3.63, 3.8) is 0 Å². The molecule has 3 aromatic carbocycles. The molecular formula is C19H13ClN2O.